The van der Waals surface area contributed by atoms with E-state index in [-0.39, 0.29) is 5.82 Å². The molecule has 1 heterocycles. The maximum absolute atomic E-state index is 13.2. The van der Waals surface area contributed by atoms with Crippen LogP contribution >= 0.6 is 15.9 Å². The van der Waals surface area contributed by atoms with Crippen LogP contribution in [0.2, 0.25) is 0 Å². The second-order valence-corrected chi connectivity index (χ2v) is 5.51. The summed E-state index contributed by atoms with van der Waals surface area (Å²) < 4.78 is 19.2. The van der Waals surface area contributed by atoms with Crippen LogP contribution in [-0.4, -0.2) is 5.11 Å². The zero-order chi connectivity index (χ0) is 14.1. The molecule has 3 aromatic rings. The van der Waals surface area contributed by atoms with Crippen molar-refractivity contribution in [3.63, 3.8) is 0 Å². The summed E-state index contributed by atoms with van der Waals surface area (Å²) in [7, 11) is 0. The summed E-state index contributed by atoms with van der Waals surface area (Å²) >= 11 is 3.14. The van der Waals surface area contributed by atoms with E-state index in [2.05, 4.69) is 15.9 Å². The molecule has 0 aliphatic heterocycles. The summed E-state index contributed by atoms with van der Waals surface area (Å²) in [6, 6.07) is 14.1. The van der Waals surface area contributed by atoms with Gasteiger partial charge in [0.25, 0.3) is 0 Å². The van der Waals surface area contributed by atoms with E-state index < -0.39 is 6.10 Å². The predicted octanol–water partition coefficient (Wildman–Crippen LogP) is 4.61. The molecule has 1 N–H and O–H groups in total. The number of para-hydroxylation sites is 1. The predicted molar refractivity (Wildman–Crippen MR) is 79.0 cm³/mol. The Bertz CT molecular complexity index is 718. The Kier molecular flexibility index (Phi) is 3.59. The van der Waals surface area contributed by atoms with E-state index in [1.165, 1.54) is 6.07 Å². The quantitative estimate of drug-likeness (QED) is 0.758. The molecule has 1 atom stereocenters. The lowest BCUT2D eigenvalue weighted by atomic mass is 10.1. The number of aliphatic hydroxyl groups excluding tert-OH is 1. The summed E-state index contributed by atoms with van der Waals surface area (Å²) in [4.78, 5) is 0. The zero-order valence-corrected chi connectivity index (χ0v) is 12.1. The minimum Gasteiger partial charge on any atom is -0.458 e. The molecular formula is C16H12BrFO2. The van der Waals surface area contributed by atoms with Gasteiger partial charge in [-0.25, -0.2) is 4.39 Å². The van der Waals surface area contributed by atoms with Gasteiger partial charge in [-0.2, -0.15) is 0 Å². The number of halogens is 2. The average molecular weight is 335 g/mol. The van der Waals surface area contributed by atoms with Crippen molar-refractivity contribution < 1.29 is 13.9 Å². The third-order valence-corrected chi connectivity index (χ3v) is 3.79. The Balaban J connectivity index is 1.84. The highest BCUT2D eigenvalue weighted by molar-refractivity contribution is 9.10. The van der Waals surface area contributed by atoms with E-state index in [4.69, 9.17) is 4.42 Å². The number of fused-ring (bicyclic) bond motifs is 1. The first kappa shape index (κ1) is 13.3. The van der Waals surface area contributed by atoms with E-state index in [1.807, 2.05) is 30.3 Å². The molecule has 0 aliphatic carbocycles. The Morgan fingerprint density at radius 1 is 1.15 bits per heavy atom. The monoisotopic (exact) mass is 334 g/mol. The average Bonchev–Trinajstić information content (AvgIpc) is 2.87. The molecule has 0 bridgehead atoms. The molecule has 102 valence electrons. The number of hydrogen-bond donors (Lipinski definition) is 1. The molecule has 0 radical (unpaired) electrons. The third-order valence-electron chi connectivity index (χ3n) is 3.19. The first-order valence-electron chi connectivity index (χ1n) is 6.24. The van der Waals surface area contributed by atoms with Crippen LogP contribution in [0.3, 0.4) is 0 Å². The number of hydrogen-bond acceptors (Lipinski definition) is 2. The topological polar surface area (TPSA) is 33.4 Å². The summed E-state index contributed by atoms with van der Waals surface area (Å²) in [5.74, 6) is 0.207. The first-order chi connectivity index (χ1) is 9.63. The molecule has 0 fully saturated rings. The van der Waals surface area contributed by atoms with Gasteiger partial charge in [0.1, 0.15) is 23.3 Å². The van der Waals surface area contributed by atoms with Gasteiger partial charge in [0.05, 0.1) is 4.47 Å². The molecule has 1 aromatic heterocycles. The van der Waals surface area contributed by atoms with Crippen LogP contribution in [0.4, 0.5) is 4.39 Å². The van der Waals surface area contributed by atoms with Crippen LogP contribution in [0.15, 0.2) is 57.4 Å². The number of aliphatic hydroxyl groups is 1. The lowest BCUT2D eigenvalue weighted by Crippen LogP contribution is -2.00. The minimum atomic E-state index is -0.750. The lowest BCUT2D eigenvalue weighted by Gasteiger charge is -2.08. The summed E-state index contributed by atoms with van der Waals surface area (Å²) in [6.07, 6.45) is -0.377. The Morgan fingerprint density at radius 2 is 1.95 bits per heavy atom. The molecule has 4 heteroatoms. The van der Waals surface area contributed by atoms with Gasteiger partial charge in [0.15, 0.2) is 0 Å². The summed E-state index contributed by atoms with van der Waals surface area (Å²) in [5, 5.41) is 11.2. The molecule has 3 rings (SSSR count). The van der Waals surface area contributed by atoms with Gasteiger partial charge in [-0.3, -0.25) is 0 Å². The van der Waals surface area contributed by atoms with Crippen molar-refractivity contribution in [2.45, 2.75) is 12.5 Å². The fourth-order valence-corrected chi connectivity index (χ4v) is 2.58. The SMILES string of the molecule is OC(Cc1ccc(F)c(Br)c1)c1cc2ccccc2o1. The third kappa shape index (κ3) is 2.62. The van der Waals surface area contributed by atoms with Crippen LogP contribution in [0.5, 0.6) is 0 Å². The zero-order valence-electron chi connectivity index (χ0n) is 10.5. The maximum atomic E-state index is 13.2. The summed E-state index contributed by atoms with van der Waals surface area (Å²) in [6.45, 7) is 0. The van der Waals surface area contributed by atoms with E-state index in [0.29, 0.717) is 16.7 Å². The van der Waals surface area contributed by atoms with Crippen LogP contribution in [0.1, 0.15) is 17.4 Å². The Hall–Kier alpha value is -1.65. The van der Waals surface area contributed by atoms with Crippen LogP contribution in [-0.2, 0) is 6.42 Å². The molecule has 1 unspecified atom stereocenters. The van der Waals surface area contributed by atoms with E-state index in [9.17, 15) is 9.50 Å². The molecular weight excluding hydrogens is 323 g/mol. The van der Waals surface area contributed by atoms with E-state index in [0.717, 1.165) is 16.5 Å². The highest BCUT2D eigenvalue weighted by Gasteiger charge is 2.14. The second kappa shape index (κ2) is 5.38. The number of furan rings is 1. The number of rotatable bonds is 3. The Labute approximate surface area is 124 Å². The van der Waals surface area contributed by atoms with Crippen molar-refractivity contribution >= 4 is 26.9 Å². The standard InChI is InChI=1S/C16H12BrFO2/c17-12-7-10(5-6-13(12)18)8-14(19)16-9-11-3-1-2-4-15(11)20-16/h1-7,9,14,19H,8H2. The van der Waals surface area contributed by atoms with Gasteiger partial charge < -0.3 is 9.52 Å². The molecule has 0 aliphatic rings. The van der Waals surface area contributed by atoms with Gasteiger partial charge in [0.2, 0.25) is 0 Å². The Morgan fingerprint density at radius 3 is 2.70 bits per heavy atom. The summed E-state index contributed by atoms with van der Waals surface area (Å²) in [5.41, 5.74) is 1.59. The normalized spacial score (nSPS) is 12.8. The van der Waals surface area contributed by atoms with Gasteiger partial charge >= 0.3 is 0 Å². The largest absolute Gasteiger partial charge is 0.458 e. The van der Waals surface area contributed by atoms with Crippen LogP contribution in [0.25, 0.3) is 11.0 Å². The molecule has 2 aromatic carbocycles. The minimum absolute atomic E-state index is 0.313. The highest BCUT2D eigenvalue weighted by Crippen LogP contribution is 2.27. The van der Waals surface area contributed by atoms with Gasteiger partial charge in [-0.05, 0) is 45.8 Å². The molecule has 0 amide bonds. The van der Waals surface area contributed by atoms with Crippen molar-refractivity contribution in [2.24, 2.45) is 0 Å². The molecule has 20 heavy (non-hydrogen) atoms. The van der Waals surface area contributed by atoms with Crippen LogP contribution < -0.4 is 0 Å². The smallest absolute Gasteiger partial charge is 0.137 e. The van der Waals surface area contributed by atoms with Gasteiger partial charge in [0, 0.05) is 11.8 Å². The molecule has 0 spiro atoms. The first-order valence-corrected chi connectivity index (χ1v) is 7.03. The van der Waals surface area contributed by atoms with Gasteiger partial charge in [-0.15, -0.1) is 0 Å². The highest BCUT2D eigenvalue weighted by atomic mass is 79.9. The van der Waals surface area contributed by atoms with Crippen molar-refractivity contribution in [3.8, 4) is 0 Å². The van der Waals surface area contributed by atoms with Crippen molar-refractivity contribution in [1.29, 1.82) is 0 Å². The van der Waals surface area contributed by atoms with Crippen molar-refractivity contribution in [1.82, 2.24) is 0 Å². The van der Waals surface area contributed by atoms with Crippen molar-refractivity contribution in [3.05, 3.63) is 70.1 Å². The second-order valence-electron chi connectivity index (χ2n) is 4.65. The fourth-order valence-electron chi connectivity index (χ4n) is 2.16. The molecule has 2 nitrogen and oxygen atoms in total. The number of benzene rings is 2. The van der Waals surface area contributed by atoms with Gasteiger partial charge in [-0.1, -0.05) is 24.3 Å². The lowest BCUT2D eigenvalue weighted by molar-refractivity contribution is 0.152. The van der Waals surface area contributed by atoms with E-state index >= 15 is 0 Å². The van der Waals surface area contributed by atoms with Crippen molar-refractivity contribution in [2.75, 3.05) is 0 Å². The van der Waals surface area contributed by atoms with E-state index in [1.54, 1.807) is 12.1 Å². The molecule has 0 saturated heterocycles. The maximum Gasteiger partial charge on any atom is 0.137 e. The van der Waals surface area contributed by atoms with Crippen LogP contribution in [0, 0.1) is 5.82 Å². The fraction of sp³-hybridized carbons (Fsp3) is 0.125. The molecule has 0 saturated carbocycles.